The van der Waals surface area contributed by atoms with Crippen molar-refractivity contribution in [2.45, 2.75) is 33.1 Å². The van der Waals surface area contributed by atoms with Crippen LogP contribution in [0.5, 0.6) is 5.75 Å². The highest BCUT2D eigenvalue weighted by Gasteiger charge is 2.18. The van der Waals surface area contributed by atoms with E-state index in [4.69, 9.17) is 4.74 Å². The average molecular weight is 257 g/mol. The van der Waals surface area contributed by atoms with E-state index in [1.807, 2.05) is 13.0 Å². The molecule has 1 rings (SSSR count). The number of ether oxygens (including phenoxy) is 1. The monoisotopic (exact) mass is 256 g/mol. The van der Waals surface area contributed by atoms with Gasteiger partial charge in [0.25, 0.3) is 0 Å². The van der Waals surface area contributed by atoms with E-state index in [0.717, 1.165) is 10.2 Å². The van der Waals surface area contributed by atoms with Gasteiger partial charge in [0.15, 0.2) is 0 Å². The zero-order chi connectivity index (χ0) is 10.8. The van der Waals surface area contributed by atoms with E-state index in [-0.39, 0.29) is 5.41 Å². The van der Waals surface area contributed by atoms with Gasteiger partial charge < -0.3 is 4.74 Å². The summed E-state index contributed by atoms with van der Waals surface area (Å²) in [5.74, 6) is 0.981. The zero-order valence-corrected chi connectivity index (χ0v) is 10.8. The largest absolute Gasteiger partial charge is 0.494 e. The maximum Gasteiger partial charge on any atom is 0.124 e. The Morgan fingerprint density at radius 2 is 1.93 bits per heavy atom. The number of rotatable bonds is 2. The molecule has 0 saturated carbocycles. The Bertz CT molecular complexity index is 313. The van der Waals surface area contributed by atoms with Crippen molar-refractivity contribution in [3.63, 3.8) is 0 Å². The van der Waals surface area contributed by atoms with Gasteiger partial charge in [0.05, 0.1) is 6.61 Å². The highest BCUT2D eigenvalue weighted by molar-refractivity contribution is 9.10. The molecule has 0 amide bonds. The van der Waals surface area contributed by atoms with E-state index in [1.165, 1.54) is 5.56 Å². The second-order valence-electron chi connectivity index (χ2n) is 4.32. The van der Waals surface area contributed by atoms with Crippen molar-refractivity contribution in [1.29, 1.82) is 0 Å². The summed E-state index contributed by atoms with van der Waals surface area (Å²) < 4.78 is 6.68. The summed E-state index contributed by atoms with van der Waals surface area (Å²) in [7, 11) is 0. The Labute approximate surface area is 94.6 Å². The van der Waals surface area contributed by atoms with Crippen molar-refractivity contribution in [3.05, 3.63) is 28.2 Å². The second kappa shape index (κ2) is 4.35. The van der Waals surface area contributed by atoms with Gasteiger partial charge in [0.2, 0.25) is 0 Å². The Morgan fingerprint density at radius 1 is 1.29 bits per heavy atom. The normalized spacial score (nSPS) is 11.5. The molecule has 2 heteroatoms. The molecule has 1 aromatic carbocycles. The van der Waals surface area contributed by atoms with Crippen LogP contribution in [0.3, 0.4) is 0 Å². The van der Waals surface area contributed by atoms with E-state index in [0.29, 0.717) is 6.61 Å². The molecular formula is C12H17BrO. The fraction of sp³-hybridized carbons (Fsp3) is 0.500. The topological polar surface area (TPSA) is 9.23 Å². The van der Waals surface area contributed by atoms with Crippen molar-refractivity contribution in [1.82, 2.24) is 0 Å². The third-order valence-electron chi connectivity index (χ3n) is 2.05. The van der Waals surface area contributed by atoms with Crippen LogP contribution in [0.1, 0.15) is 33.3 Å². The maximum atomic E-state index is 5.61. The van der Waals surface area contributed by atoms with Crippen LogP contribution in [0.4, 0.5) is 0 Å². The van der Waals surface area contributed by atoms with Crippen LogP contribution < -0.4 is 4.74 Å². The van der Waals surface area contributed by atoms with Crippen molar-refractivity contribution >= 4 is 15.9 Å². The van der Waals surface area contributed by atoms with Crippen molar-refractivity contribution in [3.8, 4) is 5.75 Å². The van der Waals surface area contributed by atoms with Gasteiger partial charge in [-0.2, -0.15) is 0 Å². The lowest BCUT2D eigenvalue weighted by molar-refractivity contribution is 0.329. The van der Waals surface area contributed by atoms with Crippen LogP contribution >= 0.6 is 15.9 Å². The summed E-state index contributed by atoms with van der Waals surface area (Å²) in [4.78, 5) is 0. The molecule has 0 aromatic heterocycles. The summed E-state index contributed by atoms with van der Waals surface area (Å²) in [6.07, 6.45) is 0. The average Bonchev–Trinajstić information content (AvgIpc) is 2.02. The highest BCUT2D eigenvalue weighted by atomic mass is 79.9. The third-order valence-corrected chi connectivity index (χ3v) is 2.54. The van der Waals surface area contributed by atoms with Crippen molar-refractivity contribution in [2.75, 3.05) is 6.61 Å². The molecule has 78 valence electrons. The SMILES string of the molecule is CCOc1cc(Br)ccc1C(C)(C)C. The highest BCUT2D eigenvalue weighted by Crippen LogP contribution is 2.33. The van der Waals surface area contributed by atoms with Gasteiger partial charge in [-0.05, 0) is 30.0 Å². The first kappa shape index (κ1) is 11.6. The Hall–Kier alpha value is -0.500. The number of hydrogen-bond acceptors (Lipinski definition) is 1. The molecule has 0 heterocycles. The molecular weight excluding hydrogens is 240 g/mol. The van der Waals surface area contributed by atoms with Gasteiger partial charge in [-0.3, -0.25) is 0 Å². The van der Waals surface area contributed by atoms with Gasteiger partial charge in [-0.15, -0.1) is 0 Å². The quantitative estimate of drug-likeness (QED) is 0.773. The van der Waals surface area contributed by atoms with E-state index < -0.39 is 0 Å². The van der Waals surface area contributed by atoms with E-state index >= 15 is 0 Å². The summed E-state index contributed by atoms with van der Waals surface area (Å²) in [6, 6.07) is 6.21. The summed E-state index contributed by atoms with van der Waals surface area (Å²) >= 11 is 3.45. The minimum Gasteiger partial charge on any atom is -0.494 e. The first-order valence-corrected chi connectivity index (χ1v) is 5.67. The van der Waals surface area contributed by atoms with Gasteiger partial charge in [-0.25, -0.2) is 0 Å². The maximum absolute atomic E-state index is 5.61. The summed E-state index contributed by atoms with van der Waals surface area (Å²) in [5, 5.41) is 0. The van der Waals surface area contributed by atoms with Crippen LogP contribution in [0.2, 0.25) is 0 Å². The molecule has 0 aliphatic heterocycles. The smallest absolute Gasteiger partial charge is 0.124 e. The van der Waals surface area contributed by atoms with Crippen LogP contribution in [0.15, 0.2) is 22.7 Å². The fourth-order valence-electron chi connectivity index (χ4n) is 1.39. The fourth-order valence-corrected chi connectivity index (χ4v) is 1.73. The van der Waals surface area contributed by atoms with Gasteiger partial charge in [0.1, 0.15) is 5.75 Å². The van der Waals surface area contributed by atoms with Crippen LogP contribution in [0.25, 0.3) is 0 Å². The molecule has 0 radical (unpaired) electrons. The van der Waals surface area contributed by atoms with Gasteiger partial charge >= 0.3 is 0 Å². The first-order valence-electron chi connectivity index (χ1n) is 4.88. The minimum absolute atomic E-state index is 0.130. The van der Waals surface area contributed by atoms with Crippen LogP contribution in [-0.2, 0) is 5.41 Å². The minimum atomic E-state index is 0.130. The predicted octanol–water partition coefficient (Wildman–Crippen LogP) is 4.15. The molecule has 0 aliphatic carbocycles. The lowest BCUT2D eigenvalue weighted by atomic mass is 9.86. The molecule has 0 N–H and O–H groups in total. The number of halogens is 1. The number of benzene rings is 1. The molecule has 0 fully saturated rings. The Morgan fingerprint density at radius 3 is 2.43 bits per heavy atom. The van der Waals surface area contributed by atoms with Gasteiger partial charge in [0, 0.05) is 4.47 Å². The third kappa shape index (κ3) is 2.74. The molecule has 0 aliphatic rings. The molecule has 0 spiro atoms. The molecule has 14 heavy (non-hydrogen) atoms. The lowest BCUT2D eigenvalue weighted by Gasteiger charge is -2.22. The Balaban J connectivity index is 3.15. The second-order valence-corrected chi connectivity index (χ2v) is 5.24. The van der Waals surface area contributed by atoms with E-state index in [2.05, 4.69) is 48.8 Å². The van der Waals surface area contributed by atoms with Crippen molar-refractivity contribution < 1.29 is 4.74 Å². The van der Waals surface area contributed by atoms with Crippen molar-refractivity contribution in [2.24, 2.45) is 0 Å². The first-order chi connectivity index (χ1) is 6.45. The van der Waals surface area contributed by atoms with Gasteiger partial charge in [-0.1, -0.05) is 42.8 Å². The molecule has 1 nitrogen and oxygen atoms in total. The molecule has 0 unspecified atom stereocenters. The number of hydrogen-bond donors (Lipinski definition) is 0. The summed E-state index contributed by atoms with van der Waals surface area (Å²) in [6.45, 7) is 9.29. The predicted molar refractivity (Wildman–Crippen MR) is 64.0 cm³/mol. The van der Waals surface area contributed by atoms with E-state index in [9.17, 15) is 0 Å². The standard InChI is InChI=1S/C12H17BrO/c1-5-14-11-8-9(13)6-7-10(11)12(2,3)4/h6-8H,5H2,1-4H3. The molecule has 0 saturated heterocycles. The lowest BCUT2D eigenvalue weighted by Crippen LogP contribution is -2.13. The molecule has 0 atom stereocenters. The van der Waals surface area contributed by atoms with E-state index in [1.54, 1.807) is 0 Å². The Kier molecular flexibility index (Phi) is 3.59. The van der Waals surface area contributed by atoms with Crippen LogP contribution in [-0.4, -0.2) is 6.61 Å². The molecule has 0 bridgehead atoms. The molecule has 1 aromatic rings. The summed E-state index contributed by atoms with van der Waals surface area (Å²) in [5.41, 5.74) is 1.38. The zero-order valence-electron chi connectivity index (χ0n) is 9.23. The van der Waals surface area contributed by atoms with Crippen LogP contribution in [0, 0.1) is 0 Å².